The van der Waals surface area contributed by atoms with Crippen LogP contribution in [0.25, 0.3) is 0 Å². The van der Waals surface area contributed by atoms with Crippen molar-refractivity contribution in [3.63, 3.8) is 0 Å². The van der Waals surface area contributed by atoms with Crippen molar-refractivity contribution in [2.75, 3.05) is 11.5 Å². The van der Waals surface area contributed by atoms with Crippen molar-refractivity contribution in [3.8, 4) is 6.07 Å². The van der Waals surface area contributed by atoms with Crippen LogP contribution in [-0.4, -0.2) is 25.6 Å². The first-order valence-corrected chi connectivity index (χ1v) is 6.06. The van der Waals surface area contributed by atoms with Crippen molar-refractivity contribution in [3.05, 3.63) is 0 Å². The summed E-state index contributed by atoms with van der Waals surface area (Å²) in [5.41, 5.74) is -1.42. The third-order valence-electron chi connectivity index (χ3n) is 2.41. The fourth-order valence-corrected chi connectivity index (χ4v) is 2.99. The van der Waals surface area contributed by atoms with Gasteiger partial charge in [-0.2, -0.15) is 5.26 Å². The molecule has 1 fully saturated rings. The van der Waals surface area contributed by atoms with Crippen LogP contribution in [-0.2, 0) is 9.84 Å². The highest BCUT2D eigenvalue weighted by Gasteiger charge is 2.36. The first-order chi connectivity index (χ1) is 5.97. The van der Waals surface area contributed by atoms with Crippen molar-refractivity contribution < 1.29 is 12.8 Å². The molecule has 1 saturated heterocycles. The Balaban J connectivity index is 2.52. The highest BCUT2D eigenvalue weighted by atomic mass is 32.2. The molecule has 3 nitrogen and oxygen atoms in total. The summed E-state index contributed by atoms with van der Waals surface area (Å²) in [6.45, 7) is 0. The van der Waals surface area contributed by atoms with Gasteiger partial charge in [0.2, 0.25) is 0 Å². The fraction of sp³-hybridized carbons (Fsp3) is 0.875. The molecule has 1 heterocycles. The van der Waals surface area contributed by atoms with Crippen LogP contribution in [0.1, 0.15) is 25.7 Å². The topological polar surface area (TPSA) is 57.9 Å². The van der Waals surface area contributed by atoms with E-state index in [2.05, 4.69) is 0 Å². The summed E-state index contributed by atoms with van der Waals surface area (Å²) in [4.78, 5) is 0. The van der Waals surface area contributed by atoms with Crippen molar-refractivity contribution in [1.82, 2.24) is 0 Å². The SMILES string of the molecule is N#CCCC1(F)CCS(=O)(=O)CC1. The third kappa shape index (κ3) is 2.96. The zero-order valence-corrected chi connectivity index (χ0v) is 8.11. The minimum absolute atomic E-state index is 0.0526. The second kappa shape index (κ2) is 3.62. The number of nitrogens with zero attached hydrogens (tertiary/aromatic N) is 1. The molecule has 13 heavy (non-hydrogen) atoms. The molecule has 0 aliphatic carbocycles. The lowest BCUT2D eigenvalue weighted by Gasteiger charge is -2.28. The van der Waals surface area contributed by atoms with Crippen molar-refractivity contribution >= 4 is 9.84 Å². The van der Waals surface area contributed by atoms with E-state index < -0.39 is 15.5 Å². The Labute approximate surface area is 77.5 Å². The minimum atomic E-state index is -3.00. The van der Waals surface area contributed by atoms with E-state index in [4.69, 9.17) is 5.26 Å². The smallest absolute Gasteiger partial charge is 0.150 e. The van der Waals surface area contributed by atoms with Crippen molar-refractivity contribution in [1.29, 1.82) is 5.26 Å². The molecule has 0 aromatic rings. The number of halogens is 1. The van der Waals surface area contributed by atoms with Gasteiger partial charge in [0.25, 0.3) is 0 Å². The normalized spacial score (nSPS) is 24.9. The standard InChI is InChI=1S/C8H12FNO2S/c9-8(2-1-5-10)3-6-13(11,12)7-4-8/h1-4,6-7H2. The number of nitriles is 1. The molecule has 0 unspecified atom stereocenters. The maximum atomic E-state index is 13.7. The molecule has 74 valence electrons. The van der Waals surface area contributed by atoms with Gasteiger partial charge in [-0.25, -0.2) is 12.8 Å². The molecule has 0 aromatic carbocycles. The summed E-state index contributed by atoms with van der Waals surface area (Å²) in [7, 11) is -3.00. The number of sulfone groups is 1. The molecule has 0 aromatic heterocycles. The maximum Gasteiger partial charge on any atom is 0.150 e. The van der Waals surface area contributed by atoms with E-state index >= 15 is 0 Å². The Morgan fingerprint density at radius 1 is 1.38 bits per heavy atom. The lowest BCUT2D eigenvalue weighted by Crippen LogP contribution is -2.35. The molecule has 0 bridgehead atoms. The molecule has 5 heteroatoms. The van der Waals surface area contributed by atoms with Gasteiger partial charge in [-0.1, -0.05) is 0 Å². The average Bonchev–Trinajstić information content (AvgIpc) is 2.08. The van der Waals surface area contributed by atoms with E-state index in [0.717, 1.165) is 0 Å². The van der Waals surface area contributed by atoms with Crippen LogP contribution in [0.5, 0.6) is 0 Å². The largest absolute Gasteiger partial charge is 0.244 e. The molecule has 0 spiro atoms. The van der Waals surface area contributed by atoms with E-state index in [1.165, 1.54) is 0 Å². The van der Waals surface area contributed by atoms with Gasteiger partial charge in [0.15, 0.2) is 9.84 Å². The van der Waals surface area contributed by atoms with Crippen LogP contribution >= 0.6 is 0 Å². The van der Waals surface area contributed by atoms with Gasteiger partial charge in [-0.3, -0.25) is 0 Å². The lowest BCUT2D eigenvalue weighted by atomic mass is 9.94. The maximum absolute atomic E-state index is 13.7. The molecule has 1 aliphatic rings. The predicted molar refractivity (Wildman–Crippen MR) is 46.6 cm³/mol. The molecule has 0 atom stereocenters. The van der Waals surface area contributed by atoms with E-state index in [1.54, 1.807) is 0 Å². The summed E-state index contributed by atoms with van der Waals surface area (Å²) < 4.78 is 35.6. The Kier molecular flexibility index (Phi) is 2.91. The van der Waals surface area contributed by atoms with E-state index in [0.29, 0.717) is 0 Å². The number of hydrogen-bond acceptors (Lipinski definition) is 3. The summed E-state index contributed by atoms with van der Waals surface area (Å²) >= 11 is 0. The van der Waals surface area contributed by atoms with Gasteiger partial charge in [-0.05, 0) is 19.3 Å². The number of rotatable bonds is 2. The molecular weight excluding hydrogens is 193 g/mol. The van der Waals surface area contributed by atoms with Crippen LogP contribution in [0.3, 0.4) is 0 Å². The summed E-state index contributed by atoms with van der Waals surface area (Å²) in [5, 5.41) is 8.28. The molecule has 0 saturated carbocycles. The van der Waals surface area contributed by atoms with E-state index in [-0.39, 0.29) is 37.2 Å². The number of alkyl halides is 1. The quantitative estimate of drug-likeness (QED) is 0.680. The molecule has 0 amide bonds. The van der Waals surface area contributed by atoms with Crippen LogP contribution in [0, 0.1) is 11.3 Å². The monoisotopic (exact) mass is 205 g/mol. The van der Waals surface area contributed by atoms with Gasteiger partial charge in [-0.15, -0.1) is 0 Å². The van der Waals surface area contributed by atoms with Crippen LogP contribution < -0.4 is 0 Å². The van der Waals surface area contributed by atoms with Gasteiger partial charge in [0, 0.05) is 6.42 Å². The van der Waals surface area contributed by atoms with Crippen LogP contribution in [0.4, 0.5) is 4.39 Å². The fourth-order valence-electron chi connectivity index (χ4n) is 1.43. The van der Waals surface area contributed by atoms with Crippen molar-refractivity contribution in [2.24, 2.45) is 0 Å². The molecule has 1 rings (SSSR count). The summed E-state index contributed by atoms with van der Waals surface area (Å²) in [6, 6.07) is 1.87. The first-order valence-electron chi connectivity index (χ1n) is 4.24. The van der Waals surface area contributed by atoms with E-state index in [1.807, 2.05) is 6.07 Å². The highest BCUT2D eigenvalue weighted by Crippen LogP contribution is 2.31. The highest BCUT2D eigenvalue weighted by molar-refractivity contribution is 7.91. The van der Waals surface area contributed by atoms with Gasteiger partial charge < -0.3 is 0 Å². The molecule has 1 aliphatic heterocycles. The van der Waals surface area contributed by atoms with Crippen LogP contribution in [0.15, 0.2) is 0 Å². The Morgan fingerprint density at radius 2 is 1.92 bits per heavy atom. The summed E-state index contributed by atoms with van der Waals surface area (Å²) in [6.07, 6.45) is 0.434. The molecule has 0 radical (unpaired) electrons. The Morgan fingerprint density at radius 3 is 2.38 bits per heavy atom. The second-order valence-corrected chi connectivity index (χ2v) is 5.76. The average molecular weight is 205 g/mol. The van der Waals surface area contributed by atoms with Crippen LogP contribution in [0.2, 0.25) is 0 Å². The predicted octanol–water partition coefficient (Wildman–Crippen LogP) is 1.21. The van der Waals surface area contributed by atoms with Gasteiger partial charge >= 0.3 is 0 Å². The Bertz CT molecular complexity index is 304. The van der Waals surface area contributed by atoms with Gasteiger partial charge in [0.05, 0.1) is 17.6 Å². The zero-order chi connectivity index (χ0) is 9.95. The summed E-state index contributed by atoms with van der Waals surface area (Å²) in [5.74, 6) is -0.149. The van der Waals surface area contributed by atoms with Crippen molar-refractivity contribution in [2.45, 2.75) is 31.4 Å². The van der Waals surface area contributed by atoms with Gasteiger partial charge in [0.1, 0.15) is 5.67 Å². The number of hydrogen-bond donors (Lipinski definition) is 0. The third-order valence-corrected chi connectivity index (χ3v) is 4.06. The Hall–Kier alpha value is -0.630. The molecule has 0 N–H and O–H groups in total. The molecular formula is C8H12FNO2S. The minimum Gasteiger partial charge on any atom is -0.244 e. The lowest BCUT2D eigenvalue weighted by molar-refractivity contribution is 0.136. The first kappa shape index (κ1) is 10.5. The zero-order valence-electron chi connectivity index (χ0n) is 7.29. The second-order valence-electron chi connectivity index (χ2n) is 3.46. The van der Waals surface area contributed by atoms with E-state index in [9.17, 15) is 12.8 Å².